The minimum atomic E-state index is -0.106. The molecule has 0 radical (unpaired) electrons. The molecule has 0 aliphatic carbocycles. The van der Waals surface area contributed by atoms with E-state index >= 15 is 0 Å². The molecule has 32 heavy (non-hydrogen) atoms. The van der Waals surface area contributed by atoms with Crippen LogP contribution in [-0.4, -0.2) is 38.1 Å². The molecule has 3 aromatic carbocycles. The van der Waals surface area contributed by atoms with E-state index in [-0.39, 0.29) is 17.2 Å². The van der Waals surface area contributed by atoms with Gasteiger partial charge in [0, 0.05) is 11.1 Å². The van der Waals surface area contributed by atoms with Gasteiger partial charge in [-0.15, -0.1) is 0 Å². The van der Waals surface area contributed by atoms with Crippen molar-refractivity contribution in [3.05, 3.63) is 60.2 Å². The van der Waals surface area contributed by atoms with Gasteiger partial charge >= 0.3 is 0 Å². The number of rotatable bonds is 8. The molecule has 0 heterocycles. The van der Waals surface area contributed by atoms with Crippen LogP contribution in [0, 0.1) is 0 Å². The summed E-state index contributed by atoms with van der Waals surface area (Å²) < 4.78 is 22.3. The Morgan fingerprint density at radius 1 is 0.812 bits per heavy atom. The Kier molecular flexibility index (Phi) is 7.15. The molecule has 168 valence electrons. The van der Waals surface area contributed by atoms with E-state index in [0.717, 1.165) is 11.1 Å². The van der Waals surface area contributed by atoms with E-state index in [2.05, 4.69) is 0 Å². The van der Waals surface area contributed by atoms with Crippen molar-refractivity contribution >= 4 is 0 Å². The Morgan fingerprint density at radius 3 is 2.16 bits per heavy atom. The summed E-state index contributed by atoms with van der Waals surface area (Å²) >= 11 is 0. The lowest BCUT2D eigenvalue weighted by Gasteiger charge is -2.19. The lowest BCUT2D eigenvalue weighted by molar-refractivity contribution is 0.335. The molecule has 0 unspecified atom stereocenters. The lowest BCUT2D eigenvalue weighted by atomic mass is 9.96. The van der Waals surface area contributed by atoms with Gasteiger partial charge in [0.15, 0.2) is 23.0 Å². The summed E-state index contributed by atoms with van der Waals surface area (Å²) in [5.74, 6) is 1.53. The van der Waals surface area contributed by atoms with Gasteiger partial charge in [0.05, 0.1) is 26.9 Å². The first-order chi connectivity index (χ1) is 15.4. The number of methoxy groups -OCH3 is 3. The highest BCUT2D eigenvalue weighted by molar-refractivity contribution is 5.89. The zero-order valence-corrected chi connectivity index (χ0v) is 18.9. The smallest absolute Gasteiger partial charge is 0.170 e. The number of phenols is 2. The minimum absolute atomic E-state index is 0.0427. The van der Waals surface area contributed by atoms with Crippen molar-refractivity contribution in [3.63, 3.8) is 0 Å². The Morgan fingerprint density at radius 2 is 1.53 bits per heavy atom. The van der Waals surface area contributed by atoms with Gasteiger partial charge in [-0.2, -0.15) is 0 Å². The van der Waals surface area contributed by atoms with Crippen LogP contribution in [0.5, 0.6) is 34.5 Å². The number of benzene rings is 3. The average Bonchev–Trinajstić information content (AvgIpc) is 2.79. The van der Waals surface area contributed by atoms with E-state index in [4.69, 9.17) is 18.9 Å². The number of phenolic OH excluding ortho intramolecular Hbond substituents is 2. The van der Waals surface area contributed by atoms with Crippen LogP contribution < -0.4 is 18.9 Å². The standard InChI is InChI=1S/C26H28O6/c1-16(2)12-13-32-22-11-10-17(14-20(22)27)24-23(30-4)15-19(26(31-5)25(24)28)18-8-6-7-9-21(18)29-3/h6-12,14-15,27-28H,13H2,1-5H3. The third-order valence-electron chi connectivity index (χ3n) is 5.02. The van der Waals surface area contributed by atoms with Crippen LogP contribution in [0.15, 0.2) is 60.2 Å². The Hall–Kier alpha value is -3.80. The van der Waals surface area contributed by atoms with Crippen LogP contribution >= 0.6 is 0 Å². The number of hydrogen-bond acceptors (Lipinski definition) is 6. The highest BCUT2D eigenvalue weighted by Gasteiger charge is 2.23. The Balaban J connectivity index is 2.12. The van der Waals surface area contributed by atoms with Crippen LogP contribution in [0.1, 0.15) is 13.8 Å². The zero-order valence-electron chi connectivity index (χ0n) is 18.9. The molecule has 0 saturated heterocycles. The fourth-order valence-corrected chi connectivity index (χ4v) is 3.43. The molecule has 0 aliphatic rings. The quantitative estimate of drug-likeness (QED) is 0.435. The van der Waals surface area contributed by atoms with E-state index in [1.54, 1.807) is 25.3 Å². The van der Waals surface area contributed by atoms with Crippen LogP contribution in [0.3, 0.4) is 0 Å². The number of ether oxygens (including phenoxy) is 4. The predicted molar refractivity (Wildman–Crippen MR) is 125 cm³/mol. The summed E-state index contributed by atoms with van der Waals surface area (Å²) in [6.07, 6.45) is 1.92. The summed E-state index contributed by atoms with van der Waals surface area (Å²) in [5.41, 5.74) is 3.44. The average molecular weight is 437 g/mol. The zero-order chi connectivity index (χ0) is 23.3. The van der Waals surface area contributed by atoms with Crippen molar-refractivity contribution in [2.75, 3.05) is 27.9 Å². The maximum absolute atomic E-state index is 11.2. The minimum Gasteiger partial charge on any atom is -0.504 e. The first kappa shape index (κ1) is 22.9. The molecule has 0 atom stereocenters. The summed E-state index contributed by atoms with van der Waals surface area (Å²) in [4.78, 5) is 0. The summed E-state index contributed by atoms with van der Waals surface area (Å²) in [5, 5.41) is 21.6. The molecular weight excluding hydrogens is 408 g/mol. The molecule has 0 amide bonds. The largest absolute Gasteiger partial charge is 0.504 e. The Bertz CT molecular complexity index is 1130. The van der Waals surface area contributed by atoms with Crippen LogP contribution in [0.4, 0.5) is 0 Å². The SMILES string of the molecule is COc1ccccc1-c1cc(OC)c(-c2ccc(OCC=C(C)C)c(O)c2)c(O)c1OC. The van der Waals surface area contributed by atoms with Gasteiger partial charge in [0.25, 0.3) is 0 Å². The van der Waals surface area contributed by atoms with Gasteiger partial charge in [0.2, 0.25) is 0 Å². The topological polar surface area (TPSA) is 77.4 Å². The van der Waals surface area contributed by atoms with Gasteiger partial charge in [0.1, 0.15) is 18.1 Å². The number of aromatic hydroxyl groups is 2. The molecule has 6 heteroatoms. The lowest BCUT2D eigenvalue weighted by Crippen LogP contribution is -1.97. The van der Waals surface area contributed by atoms with Gasteiger partial charge in [-0.05, 0) is 49.8 Å². The Labute approximate surface area is 188 Å². The fraction of sp³-hybridized carbons (Fsp3) is 0.231. The third kappa shape index (κ3) is 4.59. The molecule has 2 N–H and O–H groups in total. The van der Waals surface area contributed by atoms with Crippen molar-refractivity contribution in [2.45, 2.75) is 13.8 Å². The van der Waals surface area contributed by atoms with Gasteiger partial charge in [-0.25, -0.2) is 0 Å². The first-order valence-electron chi connectivity index (χ1n) is 10.1. The van der Waals surface area contributed by atoms with E-state index in [1.807, 2.05) is 44.2 Å². The van der Waals surface area contributed by atoms with Gasteiger partial charge in [-0.3, -0.25) is 0 Å². The number of allylic oxidation sites excluding steroid dienone is 1. The van der Waals surface area contributed by atoms with Crippen LogP contribution in [0.2, 0.25) is 0 Å². The second-order valence-corrected chi connectivity index (χ2v) is 7.36. The maximum Gasteiger partial charge on any atom is 0.170 e. The summed E-state index contributed by atoms with van der Waals surface area (Å²) in [7, 11) is 4.59. The van der Waals surface area contributed by atoms with E-state index in [1.165, 1.54) is 20.3 Å². The van der Waals surface area contributed by atoms with Crippen molar-refractivity contribution < 1.29 is 29.2 Å². The highest BCUT2D eigenvalue weighted by Crippen LogP contribution is 2.51. The monoisotopic (exact) mass is 436 g/mol. The summed E-state index contributed by atoms with van der Waals surface area (Å²) in [6.45, 7) is 4.30. The van der Waals surface area contributed by atoms with Crippen molar-refractivity contribution in [1.82, 2.24) is 0 Å². The predicted octanol–water partition coefficient (Wildman–Crippen LogP) is 5.80. The molecule has 3 aromatic rings. The second kappa shape index (κ2) is 10.0. The van der Waals surface area contributed by atoms with E-state index in [9.17, 15) is 10.2 Å². The maximum atomic E-state index is 11.2. The molecule has 6 nitrogen and oxygen atoms in total. The molecule has 3 rings (SSSR count). The van der Waals surface area contributed by atoms with Gasteiger partial charge in [-0.1, -0.05) is 29.8 Å². The van der Waals surface area contributed by atoms with Crippen LogP contribution in [-0.2, 0) is 0 Å². The molecule has 0 aromatic heterocycles. The fourth-order valence-electron chi connectivity index (χ4n) is 3.43. The third-order valence-corrected chi connectivity index (χ3v) is 5.02. The van der Waals surface area contributed by atoms with Gasteiger partial charge < -0.3 is 29.2 Å². The van der Waals surface area contributed by atoms with Crippen LogP contribution in [0.25, 0.3) is 22.3 Å². The number of hydrogen-bond donors (Lipinski definition) is 2. The highest BCUT2D eigenvalue weighted by atomic mass is 16.5. The van der Waals surface area contributed by atoms with Crippen molar-refractivity contribution in [1.29, 1.82) is 0 Å². The molecule has 0 spiro atoms. The number of para-hydroxylation sites is 1. The molecule has 0 fully saturated rings. The molecule has 0 bridgehead atoms. The van der Waals surface area contributed by atoms with Crippen molar-refractivity contribution in [3.8, 4) is 56.8 Å². The molecule has 0 aliphatic heterocycles. The normalized spacial score (nSPS) is 10.4. The second-order valence-electron chi connectivity index (χ2n) is 7.36. The summed E-state index contributed by atoms with van der Waals surface area (Å²) in [6, 6.07) is 14.2. The van der Waals surface area contributed by atoms with E-state index in [0.29, 0.717) is 40.5 Å². The first-order valence-corrected chi connectivity index (χ1v) is 10.1. The van der Waals surface area contributed by atoms with E-state index < -0.39 is 0 Å². The molecular formula is C26H28O6. The molecule has 0 saturated carbocycles. The van der Waals surface area contributed by atoms with Crippen molar-refractivity contribution in [2.24, 2.45) is 0 Å².